The van der Waals surface area contributed by atoms with Crippen molar-refractivity contribution in [2.75, 3.05) is 0 Å². The van der Waals surface area contributed by atoms with E-state index in [1.54, 1.807) is 10.6 Å². The molecule has 1 atom stereocenters. The Morgan fingerprint density at radius 1 is 1.25 bits per heavy atom. The molecule has 0 amide bonds. The maximum Gasteiger partial charge on any atom is 0.416 e. The molecule has 2 aromatic rings. The van der Waals surface area contributed by atoms with E-state index >= 15 is 0 Å². The van der Waals surface area contributed by atoms with Crippen molar-refractivity contribution in [3.05, 3.63) is 35.7 Å². The SMILES string of the molecule is OC1CCCn2c(-c3cccc(C(F)(F)F)c3)nnc21. The summed E-state index contributed by atoms with van der Waals surface area (Å²) in [6.07, 6.45) is -3.74. The highest BCUT2D eigenvalue weighted by Crippen LogP contribution is 2.33. The second-order valence-corrected chi connectivity index (χ2v) is 4.77. The molecule has 0 saturated carbocycles. The maximum atomic E-state index is 12.7. The molecule has 2 heterocycles. The van der Waals surface area contributed by atoms with E-state index in [9.17, 15) is 18.3 Å². The summed E-state index contributed by atoms with van der Waals surface area (Å²) < 4.78 is 39.9. The van der Waals surface area contributed by atoms with Crippen LogP contribution in [0.25, 0.3) is 11.4 Å². The average Bonchev–Trinajstić information content (AvgIpc) is 2.83. The molecule has 0 fully saturated rings. The molecule has 0 radical (unpaired) electrons. The van der Waals surface area contributed by atoms with Gasteiger partial charge in [-0.2, -0.15) is 13.2 Å². The van der Waals surface area contributed by atoms with Gasteiger partial charge in [0.25, 0.3) is 0 Å². The first kappa shape index (κ1) is 13.1. The van der Waals surface area contributed by atoms with Crippen molar-refractivity contribution in [1.82, 2.24) is 14.8 Å². The Morgan fingerprint density at radius 2 is 2.05 bits per heavy atom. The van der Waals surface area contributed by atoms with Crippen LogP contribution < -0.4 is 0 Å². The Morgan fingerprint density at radius 3 is 2.80 bits per heavy atom. The molecule has 1 aromatic carbocycles. The zero-order valence-corrected chi connectivity index (χ0v) is 10.4. The van der Waals surface area contributed by atoms with Crippen LogP contribution in [0.1, 0.15) is 30.3 Å². The number of hydrogen-bond acceptors (Lipinski definition) is 3. The Kier molecular flexibility index (Phi) is 3.01. The van der Waals surface area contributed by atoms with Crippen molar-refractivity contribution in [3.63, 3.8) is 0 Å². The quantitative estimate of drug-likeness (QED) is 0.875. The minimum atomic E-state index is -4.39. The molecule has 1 aromatic heterocycles. The Bertz CT molecular complexity index is 636. The highest BCUT2D eigenvalue weighted by molar-refractivity contribution is 5.57. The molecule has 20 heavy (non-hydrogen) atoms. The van der Waals surface area contributed by atoms with Crippen LogP contribution in [0.4, 0.5) is 13.2 Å². The van der Waals surface area contributed by atoms with E-state index in [2.05, 4.69) is 10.2 Å². The standard InChI is InChI=1S/C13H12F3N3O/c14-13(15,16)9-4-1-3-8(7-9)11-17-18-12-10(20)5-2-6-19(11)12/h1,3-4,7,10,20H,2,5-6H2. The molecular weight excluding hydrogens is 271 g/mol. The number of benzene rings is 1. The minimum absolute atomic E-state index is 0.354. The van der Waals surface area contributed by atoms with E-state index in [0.29, 0.717) is 30.2 Å². The van der Waals surface area contributed by atoms with E-state index in [0.717, 1.165) is 18.6 Å². The van der Waals surface area contributed by atoms with Gasteiger partial charge in [-0.15, -0.1) is 10.2 Å². The summed E-state index contributed by atoms with van der Waals surface area (Å²) in [6, 6.07) is 4.98. The predicted octanol–water partition coefficient (Wildman–Crippen LogP) is 2.79. The van der Waals surface area contributed by atoms with Gasteiger partial charge in [0.1, 0.15) is 6.10 Å². The molecule has 0 aliphatic carbocycles. The lowest BCUT2D eigenvalue weighted by molar-refractivity contribution is -0.137. The zero-order valence-electron chi connectivity index (χ0n) is 10.4. The zero-order chi connectivity index (χ0) is 14.3. The van der Waals surface area contributed by atoms with Crippen LogP contribution in [0.5, 0.6) is 0 Å². The summed E-state index contributed by atoms with van der Waals surface area (Å²) in [5, 5.41) is 17.6. The summed E-state index contributed by atoms with van der Waals surface area (Å²) in [4.78, 5) is 0. The number of fused-ring (bicyclic) bond motifs is 1. The highest BCUT2D eigenvalue weighted by atomic mass is 19.4. The number of aliphatic hydroxyl groups is 1. The molecule has 0 saturated heterocycles. The lowest BCUT2D eigenvalue weighted by Crippen LogP contribution is -2.16. The highest BCUT2D eigenvalue weighted by Gasteiger charge is 2.31. The fourth-order valence-electron chi connectivity index (χ4n) is 2.40. The lowest BCUT2D eigenvalue weighted by atomic mass is 10.1. The van der Waals surface area contributed by atoms with E-state index in [1.165, 1.54) is 6.07 Å². The predicted molar refractivity (Wildman–Crippen MR) is 64.7 cm³/mol. The van der Waals surface area contributed by atoms with Gasteiger partial charge in [0.15, 0.2) is 11.6 Å². The first-order chi connectivity index (χ1) is 9.47. The second kappa shape index (κ2) is 4.59. The monoisotopic (exact) mass is 283 g/mol. The lowest BCUT2D eigenvalue weighted by Gasteiger charge is -2.19. The molecule has 7 heteroatoms. The van der Waals surface area contributed by atoms with Gasteiger partial charge in [0, 0.05) is 12.1 Å². The van der Waals surface area contributed by atoms with Gasteiger partial charge in [0.05, 0.1) is 5.56 Å². The van der Waals surface area contributed by atoms with Crippen molar-refractivity contribution in [3.8, 4) is 11.4 Å². The van der Waals surface area contributed by atoms with E-state index in [1.807, 2.05) is 0 Å². The van der Waals surface area contributed by atoms with Crippen LogP contribution in [-0.2, 0) is 12.7 Å². The summed E-state index contributed by atoms with van der Waals surface area (Å²) in [5.74, 6) is 0.786. The molecule has 1 aliphatic heterocycles. The van der Waals surface area contributed by atoms with Gasteiger partial charge in [-0.3, -0.25) is 0 Å². The van der Waals surface area contributed by atoms with Gasteiger partial charge < -0.3 is 9.67 Å². The first-order valence-corrected chi connectivity index (χ1v) is 6.25. The van der Waals surface area contributed by atoms with Gasteiger partial charge in [0.2, 0.25) is 0 Å². The van der Waals surface area contributed by atoms with Gasteiger partial charge in [-0.25, -0.2) is 0 Å². The molecule has 1 aliphatic rings. The molecular formula is C13H12F3N3O. The maximum absolute atomic E-state index is 12.7. The van der Waals surface area contributed by atoms with Crippen molar-refractivity contribution in [2.24, 2.45) is 0 Å². The van der Waals surface area contributed by atoms with Gasteiger partial charge >= 0.3 is 6.18 Å². The van der Waals surface area contributed by atoms with Gasteiger partial charge in [-0.1, -0.05) is 12.1 Å². The molecule has 1 unspecified atom stereocenters. The first-order valence-electron chi connectivity index (χ1n) is 6.25. The van der Waals surface area contributed by atoms with E-state index < -0.39 is 17.8 Å². The fourth-order valence-corrected chi connectivity index (χ4v) is 2.40. The summed E-state index contributed by atoms with van der Waals surface area (Å²) in [7, 11) is 0. The van der Waals surface area contributed by atoms with Crippen molar-refractivity contribution < 1.29 is 18.3 Å². The van der Waals surface area contributed by atoms with Crippen molar-refractivity contribution in [2.45, 2.75) is 31.7 Å². The third-order valence-corrected chi connectivity index (χ3v) is 3.38. The second-order valence-electron chi connectivity index (χ2n) is 4.77. The summed E-state index contributed by atoms with van der Waals surface area (Å²) >= 11 is 0. The van der Waals surface area contributed by atoms with Crippen LogP contribution in [-0.4, -0.2) is 19.9 Å². The summed E-state index contributed by atoms with van der Waals surface area (Å²) in [6.45, 7) is 0.602. The Balaban J connectivity index is 2.06. The number of aromatic nitrogens is 3. The van der Waals surface area contributed by atoms with E-state index in [4.69, 9.17) is 0 Å². The van der Waals surface area contributed by atoms with Crippen molar-refractivity contribution in [1.29, 1.82) is 0 Å². The normalized spacial score (nSPS) is 18.9. The van der Waals surface area contributed by atoms with Crippen LogP contribution in [0.15, 0.2) is 24.3 Å². The number of alkyl halides is 3. The molecule has 4 nitrogen and oxygen atoms in total. The van der Waals surface area contributed by atoms with Crippen molar-refractivity contribution >= 4 is 0 Å². The number of nitrogens with zero attached hydrogens (tertiary/aromatic N) is 3. The Hall–Kier alpha value is -1.89. The Labute approximate surface area is 112 Å². The van der Waals surface area contributed by atoms with Crippen LogP contribution in [0, 0.1) is 0 Å². The molecule has 106 valence electrons. The molecule has 3 rings (SSSR count). The molecule has 0 bridgehead atoms. The number of aliphatic hydroxyl groups excluding tert-OH is 1. The number of rotatable bonds is 1. The smallest absolute Gasteiger partial charge is 0.385 e. The summed E-state index contributed by atoms with van der Waals surface area (Å²) in [5.41, 5.74) is -0.364. The van der Waals surface area contributed by atoms with Gasteiger partial charge in [-0.05, 0) is 25.0 Å². The fraction of sp³-hybridized carbons (Fsp3) is 0.385. The van der Waals surface area contributed by atoms with Crippen LogP contribution >= 0.6 is 0 Å². The van der Waals surface area contributed by atoms with Crippen LogP contribution in [0.2, 0.25) is 0 Å². The largest absolute Gasteiger partial charge is 0.416 e. The molecule has 0 spiro atoms. The third-order valence-electron chi connectivity index (χ3n) is 3.38. The third kappa shape index (κ3) is 2.18. The van der Waals surface area contributed by atoms with E-state index in [-0.39, 0.29) is 0 Å². The molecule has 1 N–H and O–H groups in total. The minimum Gasteiger partial charge on any atom is -0.385 e. The topological polar surface area (TPSA) is 50.9 Å². The number of hydrogen-bond donors (Lipinski definition) is 1. The number of halogens is 3. The van der Waals surface area contributed by atoms with Crippen LogP contribution in [0.3, 0.4) is 0 Å². The average molecular weight is 283 g/mol.